The molecule has 1 amide bonds. The predicted octanol–water partition coefficient (Wildman–Crippen LogP) is 2.58. The van der Waals surface area contributed by atoms with Gasteiger partial charge in [-0.15, -0.1) is 0 Å². The Balaban J connectivity index is 1.83. The monoisotopic (exact) mass is 276 g/mol. The number of nitrogens with one attached hydrogen (secondary N) is 1. The van der Waals surface area contributed by atoms with Crippen LogP contribution in [0, 0.1) is 0 Å². The van der Waals surface area contributed by atoms with Gasteiger partial charge in [0.2, 0.25) is 5.91 Å². The first-order chi connectivity index (χ1) is 9.70. The Morgan fingerprint density at radius 1 is 1.35 bits per heavy atom. The van der Waals surface area contributed by atoms with Crippen molar-refractivity contribution in [2.75, 3.05) is 25.6 Å². The zero-order chi connectivity index (χ0) is 14.4. The second kappa shape index (κ2) is 7.29. The van der Waals surface area contributed by atoms with Crippen molar-refractivity contribution in [3.05, 3.63) is 24.3 Å². The molecule has 1 aliphatic heterocycles. The number of amides is 1. The molecule has 1 aromatic carbocycles. The standard InChI is InChI=1S/C16H24N2O2/c1-18(14-7-9-15(20-2)10-8-14)16(19)11-6-13-5-3-4-12-17-13/h7-10,13,17H,3-6,11-12H2,1-2H3. The van der Waals surface area contributed by atoms with Crippen LogP contribution in [0.15, 0.2) is 24.3 Å². The molecule has 0 radical (unpaired) electrons. The smallest absolute Gasteiger partial charge is 0.226 e. The van der Waals surface area contributed by atoms with Crippen molar-refractivity contribution in [1.29, 1.82) is 0 Å². The number of nitrogens with zero attached hydrogens (tertiary/aromatic N) is 1. The summed E-state index contributed by atoms with van der Waals surface area (Å²) in [6.07, 6.45) is 5.26. The van der Waals surface area contributed by atoms with Gasteiger partial charge in [0.05, 0.1) is 7.11 Å². The zero-order valence-corrected chi connectivity index (χ0v) is 12.4. The summed E-state index contributed by atoms with van der Waals surface area (Å²) in [4.78, 5) is 13.9. The second-order valence-corrected chi connectivity index (χ2v) is 5.34. The quantitative estimate of drug-likeness (QED) is 0.898. The molecule has 20 heavy (non-hydrogen) atoms. The van der Waals surface area contributed by atoms with E-state index < -0.39 is 0 Å². The van der Waals surface area contributed by atoms with Crippen molar-refractivity contribution in [1.82, 2.24) is 5.32 Å². The zero-order valence-electron chi connectivity index (χ0n) is 12.4. The maximum Gasteiger partial charge on any atom is 0.226 e. The van der Waals surface area contributed by atoms with Gasteiger partial charge in [-0.05, 0) is 50.1 Å². The summed E-state index contributed by atoms with van der Waals surface area (Å²) < 4.78 is 5.12. The maximum absolute atomic E-state index is 12.2. The van der Waals surface area contributed by atoms with Gasteiger partial charge in [-0.25, -0.2) is 0 Å². The van der Waals surface area contributed by atoms with Gasteiger partial charge < -0.3 is 15.0 Å². The summed E-state index contributed by atoms with van der Waals surface area (Å²) in [6.45, 7) is 1.09. The lowest BCUT2D eigenvalue weighted by Gasteiger charge is -2.24. The molecule has 0 bridgehead atoms. The highest BCUT2D eigenvalue weighted by Gasteiger charge is 2.16. The molecule has 1 atom stereocenters. The summed E-state index contributed by atoms with van der Waals surface area (Å²) in [7, 11) is 3.47. The Hall–Kier alpha value is -1.55. The molecule has 1 heterocycles. The molecule has 0 spiro atoms. The van der Waals surface area contributed by atoms with Crippen molar-refractivity contribution < 1.29 is 9.53 Å². The van der Waals surface area contributed by atoms with E-state index in [1.807, 2.05) is 31.3 Å². The van der Waals surface area contributed by atoms with Crippen LogP contribution < -0.4 is 15.0 Å². The van der Waals surface area contributed by atoms with Gasteiger partial charge >= 0.3 is 0 Å². The van der Waals surface area contributed by atoms with Crippen LogP contribution in [0.2, 0.25) is 0 Å². The van der Waals surface area contributed by atoms with Gasteiger partial charge in [0, 0.05) is 25.2 Å². The van der Waals surface area contributed by atoms with Crippen LogP contribution in [-0.4, -0.2) is 32.7 Å². The minimum Gasteiger partial charge on any atom is -0.497 e. The van der Waals surface area contributed by atoms with E-state index in [9.17, 15) is 4.79 Å². The fraction of sp³-hybridized carbons (Fsp3) is 0.562. The van der Waals surface area contributed by atoms with Gasteiger partial charge in [-0.1, -0.05) is 6.42 Å². The molecule has 1 N–H and O–H groups in total. The summed E-state index contributed by atoms with van der Waals surface area (Å²) >= 11 is 0. The van der Waals surface area contributed by atoms with Crippen LogP contribution in [0.1, 0.15) is 32.1 Å². The number of anilines is 1. The SMILES string of the molecule is COc1ccc(N(C)C(=O)CCC2CCCCN2)cc1. The minimum atomic E-state index is 0.169. The van der Waals surface area contributed by atoms with E-state index in [1.54, 1.807) is 12.0 Å². The maximum atomic E-state index is 12.2. The van der Waals surface area contributed by atoms with E-state index in [4.69, 9.17) is 4.74 Å². The van der Waals surface area contributed by atoms with Crippen LogP contribution in [0.3, 0.4) is 0 Å². The second-order valence-electron chi connectivity index (χ2n) is 5.34. The van der Waals surface area contributed by atoms with Crippen LogP contribution in [-0.2, 0) is 4.79 Å². The third-order valence-corrected chi connectivity index (χ3v) is 3.95. The van der Waals surface area contributed by atoms with Crippen molar-refractivity contribution in [2.45, 2.75) is 38.1 Å². The average Bonchev–Trinajstić information content (AvgIpc) is 2.53. The number of rotatable bonds is 5. The Morgan fingerprint density at radius 2 is 2.10 bits per heavy atom. The van der Waals surface area contributed by atoms with Crippen molar-refractivity contribution >= 4 is 11.6 Å². The first kappa shape index (κ1) is 14.9. The van der Waals surface area contributed by atoms with Gasteiger partial charge in [-0.2, -0.15) is 0 Å². The average molecular weight is 276 g/mol. The molecule has 1 aliphatic rings. The lowest BCUT2D eigenvalue weighted by atomic mass is 10.0. The molecule has 2 rings (SSSR count). The summed E-state index contributed by atoms with van der Waals surface area (Å²) in [5.74, 6) is 0.976. The number of benzene rings is 1. The molecule has 110 valence electrons. The van der Waals surface area contributed by atoms with E-state index in [0.29, 0.717) is 12.5 Å². The highest BCUT2D eigenvalue weighted by atomic mass is 16.5. The molecule has 1 saturated heterocycles. The largest absolute Gasteiger partial charge is 0.497 e. The van der Waals surface area contributed by atoms with E-state index in [2.05, 4.69) is 5.32 Å². The number of hydrogen-bond donors (Lipinski definition) is 1. The molecule has 1 aromatic rings. The predicted molar refractivity (Wildman–Crippen MR) is 81.3 cm³/mol. The van der Waals surface area contributed by atoms with Crippen LogP contribution in [0.5, 0.6) is 5.75 Å². The number of carbonyl (C=O) groups excluding carboxylic acids is 1. The van der Waals surface area contributed by atoms with E-state index >= 15 is 0 Å². The van der Waals surface area contributed by atoms with E-state index in [0.717, 1.165) is 24.4 Å². The van der Waals surface area contributed by atoms with Gasteiger partial charge in [0.25, 0.3) is 0 Å². The fourth-order valence-corrected chi connectivity index (χ4v) is 2.59. The Bertz CT molecular complexity index is 425. The molecule has 1 fully saturated rings. The molecule has 0 aromatic heterocycles. The third kappa shape index (κ3) is 3.97. The highest BCUT2D eigenvalue weighted by Crippen LogP contribution is 2.19. The first-order valence-corrected chi connectivity index (χ1v) is 7.34. The Morgan fingerprint density at radius 3 is 2.70 bits per heavy atom. The summed E-state index contributed by atoms with van der Waals surface area (Å²) in [5.41, 5.74) is 0.910. The number of methoxy groups -OCH3 is 1. The lowest BCUT2D eigenvalue weighted by Crippen LogP contribution is -2.35. The third-order valence-electron chi connectivity index (χ3n) is 3.95. The van der Waals surface area contributed by atoms with Crippen LogP contribution in [0.4, 0.5) is 5.69 Å². The molecule has 0 aliphatic carbocycles. The topological polar surface area (TPSA) is 41.6 Å². The van der Waals surface area contributed by atoms with Crippen molar-refractivity contribution in [2.24, 2.45) is 0 Å². The normalized spacial score (nSPS) is 18.6. The van der Waals surface area contributed by atoms with Gasteiger partial charge in [0.1, 0.15) is 5.75 Å². The summed E-state index contributed by atoms with van der Waals surface area (Å²) in [6, 6.07) is 8.09. The molecule has 4 heteroatoms. The molecule has 1 unspecified atom stereocenters. The molecule has 4 nitrogen and oxygen atoms in total. The minimum absolute atomic E-state index is 0.169. The van der Waals surface area contributed by atoms with Crippen molar-refractivity contribution in [3.63, 3.8) is 0 Å². The van der Waals surface area contributed by atoms with E-state index in [-0.39, 0.29) is 5.91 Å². The van der Waals surface area contributed by atoms with Crippen LogP contribution in [0.25, 0.3) is 0 Å². The fourth-order valence-electron chi connectivity index (χ4n) is 2.59. The molecule has 0 saturated carbocycles. The Labute approximate surface area is 121 Å². The van der Waals surface area contributed by atoms with Gasteiger partial charge in [-0.3, -0.25) is 4.79 Å². The number of carbonyl (C=O) groups is 1. The number of hydrogen-bond acceptors (Lipinski definition) is 3. The molecular formula is C16H24N2O2. The highest BCUT2D eigenvalue weighted by molar-refractivity contribution is 5.92. The summed E-state index contributed by atoms with van der Waals surface area (Å²) in [5, 5.41) is 3.48. The first-order valence-electron chi connectivity index (χ1n) is 7.34. The van der Waals surface area contributed by atoms with Crippen molar-refractivity contribution in [3.8, 4) is 5.75 Å². The number of ether oxygens (including phenoxy) is 1. The van der Waals surface area contributed by atoms with E-state index in [1.165, 1.54) is 19.3 Å². The van der Waals surface area contributed by atoms with Crippen LogP contribution >= 0.6 is 0 Å². The molecular weight excluding hydrogens is 252 g/mol. The lowest BCUT2D eigenvalue weighted by molar-refractivity contribution is -0.118. The Kier molecular flexibility index (Phi) is 5.41. The number of piperidine rings is 1. The van der Waals surface area contributed by atoms with Gasteiger partial charge in [0.15, 0.2) is 0 Å².